The molecule has 7 atom stereocenters. The van der Waals surface area contributed by atoms with Crippen LogP contribution in [0.5, 0.6) is 0 Å². The van der Waals surface area contributed by atoms with Gasteiger partial charge in [-0.05, 0) is 19.8 Å². The molecule has 0 spiro atoms. The summed E-state index contributed by atoms with van der Waals surface area (Å²) in [6.45, 7) is 5.70. The number of hydrogen-bond acceptors (Lipinski definition) is 8. The lowest BCUT2D eigenvalue weighted by Crippen LogP contribution is -2.61. The molecule has 0 aliphatic heterocycles. The Hall–Kier alpha value is -2.77. The highest BCUT2D eigenvalue weighted by molar-refractivity contribution is 5.95. The van der Waals surface area contributed by atoms with Crippen LogP contribution in [0, 0.1) is 5.92 Å². The summed E-state index contributed by atoms with van der Waals surface area (Å²) in [5.41, 5.74) is 5.45. The fourth-order valence-corrected chi connectivity index (χ4v) is 2.52. The summed E-state index contributed by atoms with van der Waals surface area (Å²) in [5, 5.41) is 43.9. The number of carboxylic acid groups (broad SMARTS) is 2. The van der Waals surface area contributed by atoms with E-state index in [1.165, 1.54) is 13.8 Å². The van der Waals surface area contributed by atoms with Gasteiger partial charge in [0.2, 0.25) is 17.7 Å². The van der Waals surface area contributed by atoms with Gasteiger partial charge in [-0.25, -0.2) is 4.79 Å². The van der Waals surface area contributed by atoms with Gasteiger partial charge in [0.05, 0.1) is 24.7 Å². The molecular formula is C18H32N4O9. The first kappa shape index (κ1) is 28.2. The number of rotatable bonds is 13. The van der Waals surface area contributed by atoms with E-state index in [1.807, 2.05) is 0 Å². The van der Waals surface area contributed by atoms with Gasteiger partial charge in [-0.3, -0.25) is 19.2 Å². The summed E-state index contributed by atoms with van der Waals surface area (Å²) in [7, 11) is 0. The molecule has 0 saturated carbocycles. The Morgan fingerprint density at radius 2 is 1.19 bits per heavy atom. The van der Waals surface area contributed by atoms with E-state index in [-0.39, 0.29) is 0 Å². The molecule has 0 aromatic heterocycles. The molecule has 0 heterocycles. The van der Waals surface area contributed by atoms with Gasteiger partial charge < -0.3 is 42.1 Å². The molecule has 3 amide bonds. The number of aliphatic hydroxyl groups excluding tert-OH is 2. The van der Waals surface area contributed by atoms with Gasteiger partial charge in [-0.15, -0.1) is 0 Å². The highest BCUT2D eigenvalue weighted by atomic mass is 16.4. The minimum Gasteiger partial charge on any atom is -0.481 e. The quantitative estimate of drug-likeness (QED) is 0.144. The summed E-state index contributed by atoms with van der Waals surface area (Å²) >= 11 is 0. The number of carboxylic acids is 2. The number of aliphatic carboxylic acids is 2. The van der Waals surface area contributed by atoms with Gasteiger partial charge in [0.15, 0.2) is 6.04 Å². The fraction of sp³-hybridized carbons (Fsp3) is 0.722. The van der Waals surface area contributed by atoms with E-state index in [4.69, 9.17) is 15.9 Å². The Morgan fingerprint density at radius 3 is 1.58 bits per heavy atom. The molecule has 0 aliphatic carbocycles. The smallest absolute Gasteiger partial charge is 0.328 e. The molecule has 0 bridgehead atoms. The molecule has 0 saturated heterocycles. The Kier molecular flexibility index (Phi) is 11.7. The Bertz CT molecular complexity index is 668. The summed E-state index contributed by atoms with van der Waals surface area (Å²) < 4.78 is 0. The van der Waals surface area contributed by atoms with Crippen molar-refractivity contribution in [1.82, 2.24) is 16.0 Å². The van der Waals surface area contributed by atoms with Crippen molar-refractivity contribution >= 4 is 29.7 Å². The van der Waals surface area contributed by atoms with Crippen molar-refractivity contribution in [3.05, 3.63) is 0 Å². The van der Waals surface area contributed by atoms with E-state index in [9.17, 15) is 34.2 Å². The Balaban J connectivity index is 5.49. The van der Waals surface area contributed by atoms with Crippen molar-refractivity contribution < 1.29 is 44.4 Å². The van der Waals surface area contributed by atoms with E-state index in [2.05, 4.69) is 16.0 Å². The molecule has 13 heteroatoms. The van der Waals surface area contributed by atoms with Crippen molar-refractivity contribution in [3.63, 3.8) is 0 Å². The lowest BCUT2D eigenvalue weighted by atomic mass is 9.97. The minimum absolute atomic E-state index is 0.403. The molecule has 9 N–H and O–H groups in total. The molecule has 0 radical (unpaired) electrons. The van der Waals surface area contributed by atoms with Crippen LogP contribution in [0.15, 0.2) is 0 Å². The Labute approximate surface area is 179 Å². The number of nitrogens with one attached hydrogen (secondary N) is 3. The largest absolute Gasteiger partial charge is 0.481 e. The summed E-state index contributed by atoms with van der Waals surface area (Å²) in [6, 6.07) is -5.89. The molecule has 31 heavy (non-hydrogen) atoms. The zero-order chi connectivity index (χ0) is 24.5. The summed E-state index contributed by atoms with van der Waals surface area (Å²) in [6.07, 6.45) is -3.13. The van der Waals surface area contributed by atoms with Crippen LogP contribution in [0.3, 0.4) is 0 Å². The molecule has 178 valence electrons. The van der Waals surface area contributed by atoms with Crippen molar-refractivity contribution in [2.45, 2.75) is 76.9 Å². The van der Waals surface area contributed by atoms with Crippen LogP contribution in [-0.2, 0) is 24.0 Å². The average Bonchev–Trinajstić information content (AvgIpc) is 2.65. The van der Waals surface area contributed by atoms with Crippen LogP contribution in [-0.4, -0.2) is 86.5 Å². The molecule has 13 nitrogen and oxygen atoms in total. The number of nitrogens with two attached hydrogens (primary N) is 1. The third-order valence-corrected chi connectivity index (χ3v) is 4.63. The van der Waals surface area contributed by atoms with Crippen LogP contribution in [0.4, 0.5) is 0 Å². The second-order valence-electron chi connectivity index (χ2n) is 7.37. The lowest BCUT2D eigenvalue weighted by Gasteiger charge is -2.29. The molecule has 7 unspecified atom stereocenters. The summed E-state index contributed by atoms with van der Waals surface area (Å²) in [5.74, 6) is -6.12. The third-order valence-electron chi connectivity index (χ3n) is 4.63. The van der Waals surface area contributed by atoms with E-state index in [0.29, 0.717) is 6.42 Å². The average molecular weight is 448 g/mol. The number of carbonyl (C=O) groups excluding carboxylic acids is 3. The molecule has 0 aliphatic rings. The maximum absolute atomic E-state index is 12.7. The first-order valence-electron chi connectivity index (χ1n) is 9.70. The van der Waals surface area contributed by atoms with Crippen LogP contribution in [0.1, 0.15) is 40.5 Å². The standard InChI is InChI=1S/C18H32N4O9/c1-5-7(2)12(16(28)22-14(9(4)24)18(30)31)20-17(29)13(8(3)23)21-15(27)10(19)6-11(25)26/h7-10,12-14,23-24H,5-6,19H2,1-4H3,(H,20,29)(H,21,27)(H,22,28)(H,25,26)(H,30,31). The predicted octanol–water partition coefficient (Wildman–Crippen LogP) is -2.86. The normalized spacial score (nSPS) is 17.8. The van der Waals surface area contributed by atoms with Crippen LogP contribution < -0.4 is 21.7 Å². The predicted molar refractivity (Wildman–Crippen MR) is 106 cm³/mol. The Morgan fingerprint density at radius 1 is 0.774 bits per heavy atom. The fourth-order valence-electron chi connectivity index (χ4n) is 2.52. The number of aliphatic hydroxyl groups is 2. The lowest BCUT2D eigenvalue weighted by molar-refractivity contribution is -0.145. The van der Waals surface area contributed by atoms with Gasteiger partial charge in [0.1, 0.15) is 12.1 Å². The van der Waals surface area contributed by atoms with Crippen molar-refractivity contribution in [1.29, 1.82) is 0 Å². The number of amides is 3. The van der Waals surface area contributed by atoms with Crippen molar-refractivity contribution in [2.24, 2.45) is 11.7 Å². The highest BCUT2D eigenvalue weighted by Crippen LogP contribution is 2.10. The van der Waals surface area contributed by atoms with Crippen LogP contribution in [0.2, 0.25) is 0 Å². The minimum atomic E-state index is -1.61. The maximum Gasteiger partial charge on any atom is 0.328 e. The highest BCUT2D eigenvalue weighted by Gasteiger charge is 2.35. The van der Waals surface area contributed by atoms with Gasteiger partial charge in [-0.2, -0.15) is 0 Å². The van der Waals surface area contributed by atoms with E-state index in [0.717, 1.165) is 0 Å². The number of carbonyl (C=O) groups is 5. The maximum atomic E-state index is 12.7. The zero-order valence-electron chi connectivity index (χ0n) is 17.9. The van der Waals surface area contributed by atoms with E-state index < -0.39 is 78.4 Å². The molecule has 0 rings (SSSR count). The van der Waals surface area contributed by atoms with Crippen LogP contribution in [0.25, 0.3) is 0 Å². The first-order valence-corrected chi connectivity index (χ1v) is 9.70. The molecule has 0 aromatic rings. The first-order chi connectivity index (χ1) is 14.2. The van der Waals surface area contributed by atoms with E-state index in [1.54, 1.807) is 13.8 Å². The van der Waals surface area contributed by atoms with Crippen molar-refractivity contribution in [3.8, 4) is 0 Å². The monoisotopic (exact) mass is 448 g/mol. The second-order valence-corrected chi connectivity index (χ2v) is 7.37. The summed E-state index contributed by atoms with van der Waals surface area (Å²) in [4.78, 5) is 59.2. The third kappa shape index (κ3) is 9.27. The van der Waals surface area contributed by atoms with Crippen LogP contribution >= 0.6 is 0 Å². The van der Waals surface area contributed by atoms with Gasteiger partial charge in [-0.1, -0.05) is 20.3 Å². The zero-order valence-corrected chi connectivity index (χ0v) is 17.9. The van der Waals surface area contributed by atoms with Gasteiger partial charge in [0.25, 0.3) is 0 Å². The SMILES string of the molecule is CCC(C)C(NC(=O)C(NC(=O)C(N)CC(=O)O)C(C)O)C(=O)NC(C(=O)O)C(C)O. The van der Waals surface area contributed by atoms with Crippen molar-refractivity contribution in [2.75, 3.05) is 0 Å². The van der Waals surface area contributed by atoms with Gasteiger partial charge in [0, 0.05) is 0 Å². The second kappa shape index (κ2) is 12.8. The van der Waals surface area contributed by atoms with Gasteiger partial charge >= 0.3 is 11.9 Å². The molecule has 0 fully saturated rings. The molecular weight excluding hydrogens is 416 g/mol. The number of hydrogen-bond donors (Lipinski definition) is 8. The topological polar surface area (TPSA) is 228 Å². The molecule has 0 aromatic carbocycles. The van der Waals surface area contributed by atoms with E-state index >= 15 is 0 Å².